The lowest BCUT2D eigenvalue weighted by Gasteiger charge is -2.09. The first-order chi connectivity index (χ1) is 25.3. The van der Waals surface area contributed by atoms with E-state index in [9.17, 15) is 4.79 Å². The SMILES string of the molecule is CCCCCCCCCCCCCCCCOCCOCCOCCOCCOCCOCCOCCOC(=O)c1ccc(NCCCC)cc1. The number of carbonyl (C=O) groups excluding carboxylic acids is 1. The summed E-state index contributed by atoms with van der Waals surface area (Å²) >= 11 is 0. The van der Waals surface area contributed by atoms with Crippen molar-refractivity contribution in [1.82, 2.24) is 0 Å². The molecule has 0 aromatic heterocycles. The number of unbranched alkanes of at least 4 members (excludes halogenated alkanes) is 14. The van der Waals surface area contributed by atoms with Gasteiger partial charge in [-0.3, -0.25) is 0 Å². The Morgan fingerprint density at radius 3 is 1.14 bits per heavy atom. The van der Waals surface area contributed by atoms with Gasteiger partial charge in [0.25, 0.3) is 0 Å². The quantitative estimate of drug-likeness (QED) is 0.0521. The summed E-state index contributed by atoms with van der Waals surface area (Å²) < 4.78 is 44.0. The molecule has 1 N–H and O–H groups in total. The molecule has 0 saturated heterocycles. The van der Waals surface area contributed by atoms with Gasteiger partial charge in [-0.2, -0.15) is 0 Å². The van der Waals surface area contributed by atoms with Crippen LogP contribution in [0.15, 0.2) is 24.3 Å². The number of nitrogens with one attached hydrogen (secondary N) is 1. The lowest BCUT2D eigenvalue weighted by Crippen LogP contribution is -2.15. The van der Waals surface area contributed by atoms with Crippen LogP contribution in [0.25, 0.3) is 0 Å². The van der Waals surface area contributed by atoms with Gasteiger partial charge in [-0.25, -0.2) is 4.79 Å². The van der Waals surface area contributed by atoms with Gasteiger partial charge in [0.05, 0.1) is 91.5 Å². The fourth-order valence-electron chi connectivity index (χ4n) is 5.23. The van der Waals surface area contributed by atoms with Crippen molar-refractivity contribution in [2.24, 2.45) is 0 Å². The van der Waals surface area contributed by atoms with Crippen molar-refractivity contribution < 1.29 is 42.7 Å². The third-order valence-electron chi connectivity index (χ3n) is 8.32. The van der Waals surface area contributed by atoms with Crippen LogP contribution in [0.5, 0.6) is 0 Å². The monoisotopic (exact) mass is 726 g/mol. The van der Waals surface area contributed by atoms with Gasteiger partial charge in [0.2, 0.25) is 0 Å². The molecule has 1 rings (SSSR count). The molecule has 0 amide bonds. The van der Waals surface area contributed by atoms with Gasteiger partial charge in [-0.15, -0.1) is 0 Å². The molecule has 0 heterocycles. The molecule has 0 saturated carbocycles. The van der Waals surface area contributed by atoms with E-state index in [1.54, 1.807) is 12.1 Å². The number of hydrogen-bond donors (Lipinski definition) is 1. The van der Waals surface area contributed by atoms with Gasteiger partial charge in [0, 0.05) is 18.8 Å². The zero-order valence-electron chi connectivity index (χ0n) is 32.6. The first-order valence-electron chi connectivity index (χ1n) is 20.3. The van der Waals surface area contributed by atoms with Crippen molar-refractivity contribution in [2.75, 3.05) is 111 Å². The molecule has 0 radical (unpaired) electrons. The summed E-state index contributed by atoms with van der Waals surface area (Å²) in [5.74, 6) is -0.352. The summed E-state index contributed by atoms with van der Waals surface area (Å²) in [4.78, 5) is 12.1. The number of carbonyl (C=O) groups is 1. The first-order valence-corrected chi connectivity index (χ1v) is 20.3. The summed E-state index contributed by atoms with van der Waals surface area (Å²) in [6.45, 7) is 13.0. The maximum Gasteiger partial charge on any atom is 0.338 e. The maximum absolute atomic E-state index is 12.1. The van der Waals surface area contributed by atoms with E-state index in [1.807, 2.05) is 12.1 Å². The second-order valence-corrected chi connectivity index (χ2v) is 12.9. The molecule has 0 fully saturated rings. The van der Waals surface area contributed by atoms with Crippen LogP contribution in [0.1, 0.15) is 127 Å². The van der Waals surface area contributed by atoms with E-state index in [-0.39, 0.29) is 12.6 Å². The largest absolute Gasteiger partial charge is 0.460 e. The molecule has 51 heavy (non-hydrogen) atoms. The zero-order chi connectivity index (χ0) is 36.6. The van der Waals surface area contributed by atoms with E-state index in [2.05, 4.69) is 19.2 Å². The minimum Gasteiger partial charge on any atom is -0.460 e. The van der Waals surface area contributed by atoms with Gasteiger partial charge < -0.3 is 43.2 Å². The van der Waals surface area contributed by atoms with Gasteiger partial charge in [0.1, 0.15) is 6.61 Å². The average molecular weight is 726 g/mol. The Balaban J connectivity index is 1.68. The van der Waals surface area contributed by atoms with Crippen LogP contribution in [0.3, 0.4) is 0 Å². The van der Waals surface area contributed by atoms with Crippen molar-refractivity contribution in [1.29, 1.82) is 0 Å². The Bertz CT molecular complexity index is 843. The van der Waals surface area contributed by atoms with Gasteiger partial charge in [-0.1, -0.05) is 104 Å². The maximum atomic E-state index is 12.1. The summed E-state index contributed by atoms with van der Waals surface area (Å²) in [5.41, 5.74) is 1.53. The molecule has 10 nitrogen and oxygen atoms in total. The number of rotatable bonds is 41. The van der Waals surface area contributed by atoms with E-state index in [1.165, 1.54) is 83.5 Å². The summed E-state index contributed by atoms with van der Waals surface area (Å²) in [6, 6.07) is 7.32. The number of ether oxygens (including phenoxy) is 8. The third kappa shape index (κ3) is 33.8. The third-order valence-corrected chi connectivity index (χ3v) is 8.32. The molecular formula is C41H75NO9. The van der Waals surface area contributed by atoms with Crippen LogP contribution in [0.4, 0.5) is 5.69 Å². The van der Waals surface area contributed by atoms with Crippen LogP contribution in [0.2, 0.25) is 0 Å². The lowest BCUT2D eigenvalue weighted by molar-refractivity contribution is -0.0223. The summed E-state index contributed by atoms with van der Waals surface area (Å²) in [6.07, 6.45) is 21.5. The minimum atomic E-state index is -0.352. The van der Waals surface area contributed by atoms with Crippen LogP contribution < -0.4 is 5.32 Å². The Morgan fingerprint density at radius 1 is 0.412 bits per heavy atom. The molecule has 298 valence electrons. The van der Waals surface area contributed by atoms with Crippen LogP contribution in [-0.2, 0) is 37.9 Å². The van der Waals surface area contributed by atoms with E-state index >= 15 is 0 Å². The van der Waals surface area contributed by atoms with Crippen LogP contribution >= 0.6 is 0 Å². The molecule has 1 aromatic carbocycles. The highest BCUT2D eigenvalue weighted by Crippen LogP contribution is 2.13. The summed E-state index contributed by atoms with van der Waals surface area (Å²) in [7, 11) is 0. The zero-order valence-corrected chi connectivity index (χ0v) is 32.6. The number of esters is 1. The van der Waals surface area contributed by atoms with Gasteiger partial charge >= 0.3 is 5.97 Å². The standard InChI is InChI=1S/C41H75NO9/c1-3-5-7-8-9-10-11-12-13-14-15-16-17-18-24-44-25-26-45-27-28-46-29-30-47-31-32-48-33-34-49-35-36-50-37-38-51-41(43)39-19-21-40(22-20-39)42-23-6-4-2/h19-22,42H,3-18,23-38H2,1-2H3. The highest BCUT2D eigenvalue weighted by Gasteiger charge is 2.07. The van der Waals surface area contributed by atoms with E-state index in [0.717, 1.165) is 38.1 Å². The minimum absolute atomic E-state index is 0.201. The number of hydrogen-bond acceptors (Lipinski definition) is 10. The number of anilines is 1. The van der Waals surface area contributed by atoms with Gasteiger partial charge in [-0.05, 0) is 37.1 Å². The highest BCUT2D eigenvalue weighted by molar-refractivity contribution is 5.89. The molecule has 1 aromatic rings. The van der Waals surface area contributed by atoms with Gasteiger partial charge in [0.15, 0.2) is 0 Å². The van der Waals surface area contributed by atoms with E-state index < -0.39 is 0 Å². The average Bonchev–Trinajstić information content (AvgIpc) is 3.15. The topological polar surface area (TPSA) is 103 Å². The highest BCUT2D eigenvalue weighted by atomic mass is 16.6. The first kappa shape index (κ1) is 47.2. The molecule has 0 aliphatic heterocycles. The molecular weight excluding hydrogens is 650 g/mol. The Hall–Kier alpha value is -1.79. The predicted octanol–water partition coefficient (Wildman–Crippen LogP) is 8.65. The van der Waals surface area contributed by atoms with Crippen molar-refractivity contribution in [3.05, 3.63) is 29.8 Å². The Morgan fingerprint density at radius 2 is 0.745 bits per heavy atom. The van der Waals surface area contributed by atoms with E-state index in [0.29, 0.717) is 91.5 Å². The molecule has 0 atom stereocenters. The fourth-order valence-corrected chi connectivity index (χ4v) is 5.23. The van der Waals surface area contributed by atoms with Crippen molar-refractivity contribution >= 4 is 11.7 Å². The Kier molecular flexibility index (Phi) is 36.5. The molecule has 0 aliphatic carbocycles. The van der Waals surface area contributed by atoms with Crippen molar-refractivity contribution in [2.45, 2.75) is 117 Å². The normalized spacial score (nSPS) is 11.3. The van der Waals surface area contributed by atoms with Crippen molar-refractivity contribution in [3.63, 3.8) is 0 Å². The second-order valence-electron chi connectivity index (χ2n) is 12.9. The Labute approximate surface area is 311 Å². The van der Waals surface area contributed by atoms with Crippen LogP contribution in [-0.4, -0.2) is 112 Å². The van der Waals surface area contributed by atoms with Crippen molar-refractivity contribution in [3.8, 4) is 0 Å². The lowest BCUT2D eigenvalue weighted by atomic mass is 10.0. The molecule has 0 aliphatic rings. The molecule has 0 spiro atoms. The number of benzene rings is 1. The molecule has 0 bridgehead atoms. The smallest absolute Gasteiger partial charge is 0.338 e. The predicted molar refractivity (Wildman–Crippen MR) is 206 cm³/mol. The van der Waals surface area contributed by atoms with E-state index in [4.69, 9.17) is 37.9 Å². The fraction of sp³-hybridized carbons (Fsp3) is 0.829. The van der Waals surface area contributed by atoms with Crippen LogP contribution in [0, 0.1) is 0 Å². The second kappa shape index (κ2) is 39.4. The summed E-state index contributed by atoms with van der Waals surface area (Å²) in [5, 5.41) is 3.33. The molecule has 0 unspecified atom stereocenters. The molecule has 10 heteroatoms.